The molecule has 212 valence electrons. The van der Waals surface area contributed by atoms with Crippen LogP contribution in [-0.2, 0) is 34.9 Å². The van der Waals surface area contributed by atoms with Gasteiger partial charge in [-0.3, -0.25) is 14.2 Å². The van der Waals surface area contributed by atoms with E-state index in [2.05, 4.69) is 20.1 Å². The summed E-state index contributed by atoms with van der Waals surface area (Å²) in [6, 6.07) is 0.785. The van der Waals surface area contributed by atoms with Gasteiger partial charge in [0.2, 0.25) is 7.44 Å². The predicted octanol–water partition coefficient (Wildman–Crippen LogP) is 3.35. The van der Waals surface area contributed by atoms with Crippen LogP contribution in [0.2, 0.25) is 0 Å². The number of esters is 2. The second kappa shape index (κ2) is 12.5. The lowest BCUT2D eigenvalue weighted by Gasteiger charge is -2.33. The molecular formula is C25H41N6O6P. The minimum Gasteiger partial charge on any atom is -0.462 e. The van der Waals surface area contributed by atoms with E-state index >= 15 is 0 Å². The molecular weight excluding hydrogens is 511 g/mol. The quantitative estimate of drug-likeness (QED) is 0.247. The number of carbonyl (C=O) groups is 2. The van der Waals surface area contributed by atoms with Gasteiger partial charge in [-0.25, -0.2) is 20.1 Å². The highest BCUT2D eigenvalue weighted by atomic mass is 31.2. The van der Waals surface area contributed by atoms with Gasteiger partial charge >= 0.3 is 11.9 Å². The Balaban J connectivity index is 1.71. The molecule has 4 N–H and O–H groups in total. The van der Waals surface area contributed by atoms with Crippen molar-refractivity contribution in [1.29, 1.82) is 0 Å². The summed E-state index contributed by atoms with van der Waals surface area (Å²) in [4.78, 5) is 34.1. The number of pyridine rings is 1. The first-order chi connectivity index (χ1) is 17.8. The summed E-state index contributed by atoms with van der Waals surface area (Å²) in [7, 11) is -3.68. The van der Waals surface area contributed by atoms with Crippen LogP contribution in [0.5, 0.6) is 0 Å². The SMILES string of the molecule is CC(C)OC(=O)C(C)(C)NP(=O)(CO[C@H](C)Cn1cnc2c(N)ccnc21)N[C@H](C)C(=O)OC1CCCC1. The molecule has 1 aliphatic carbocycles. The minimum atomic E-state index is -3.68. The molecule has 3 rings (SSSR count). The molecule has 2 aromatic rings. The molecule has 0 aliphatic heterocycles. The van der Waals surface area contributed by atoms with Gasteiger partial charge < -0.3 is 24.5 Å². The van der Waals surface area contributed by atoms with Crippen LogP contribution < -0.4 is 15.9 Å². The molecule has 0 amide bonds. The van der Waals surface area contributed by atoms with E-state index in [1.54, 1.807) is 57.8 Å². The third kappa shape index (κ3) is 7.99. The maximum absolute atomic E-state index is 14.1. The fraction of sp³-hybridized carbons (Fsp3) is 0.680. The van der Waals surface area contributed by atoms with Crippen molar-refractivity contribution in [3.8, 4) is 0 Å². The first kappa shape index (κ1) is 30.0. The summed E-state index contributed by atoms with van der Waals surface area (Å²) >= 11 is 0. The number of nitrogens with one attached hydrogen (secondary N) is 2. The van der Waals surface area contributed by atoms with Crippen LogP contribution in [0.4, 0.5) is 5.69 Å². The number of hydrogen-bond donors (Lipinski definition) is 3. The summed E-state index contributed by atoms with van der Waals surface area (Å²) in [5, 5.41) is 5.77. The zero-order chi connectivity index (χ0) is 28.1. The van der Waals surface area contributed by atoms with E-state index < -0.39 is 37.1 Å². The van der Waals surface area contributed by atoms with Crippen molar-refractivity contribution in [2.45, 2.75) is 104 Å². The van der Waals surface area contributed by atoms with Crippen molar-refractivity contribution in [2.75, 3.05) is 12.1 Å². The Morgan fingerprint density at radius 1 is 1.21 bits per heavy atom. The molecule has 38 heavy (non-hydrogen) atoms. The highest BCUT2D eigenvalue weighted by Crippen LogP contribution is 2.40. The van der Waals surface area contributed by atoms with Crippen LogP contribution in [-0.4, -0.2) is 62.7 Å². The molecule has 0 aromatic carbocycles. The lowest BCUT2D eigenvalue weighted by molar-refractivity contribution is -0.153. The van der Waals surface area contributed by atoms with Gasteiger partial charge in [0.15, 0.2) is 5.65 Å². The summed E-state index contributed by atoms with van der Waals surface area (Å²) < 4.78 is 32.8. The number of carbonyl (C=O) groups excluding carboxylic acids is 2. The Hall–Kier alpha value is -2.53. The highest BCUT2D eigenvalue weighted by molar-refractivity contribution is 7.59. The fourth-order valence-corrected chi connectivity index (χ4v) is 6.67. The number of nitrogens with zero attached hydrogens (tertiary/aromatic N) is 3. The van der Waals surface area contributed by atoms with Crippen molar-refractivity contribution in [3.63, 3.8) is 0 Å². The largest absolute Gasteiger partial charge is 0.462 e. The van der Waals surface area contributed by atoms with Gasteiger partial charge in [0.1, 0.15) is 29.5 Å². The number of aromatic nitrogens is 3. The van der Waals surface area contributed by atoms with Gasteiger partial charge in [-0.15, -0.1) is 0 Å². The molecule has 1 aliphatic rings. The number of nitrogen functional groups attached to an aromatic ring is 1. The number of fused-ring (bicyclic) bond motifs is 1. The topological polar surface area (TPSA) is 160 Å². The molecule has 1 saturated carbocycles. The Labute approximate surface area is 223 Å². The molecule has 2 aromatic heterocycles. The molecule has 13 heteroatoms. The zero-order valence-corrected chi connectivity index (χ0v) is 24.0. The molecule has 12 nitrogen and oxygen atoms in total. The molecule has 1 unspecified atom stereocenters. The van der Waals surface area contributed by atoms with Crippen LogP contribution in [0.1, 0.15) is 67.2 Å². The third-order valence-corrected chi connectivity index (χ3v) is 8.42. The van der Waals surface area contributed by atoms with E-state index in [1.807, 2.05) is 6.92 Å². The lowest BCUT2D eigenvalue weighted by atomic mass is 10.1. The molecule has 0 spiro atoms. The lowest BCUT2D eigenvalue weighted by Crippen LogP contribution is -2.51. The zero-order valence-electron chi connectivity index (χ0n) is 23.1. The number of rotatable bonds is 13. The maximum Gasteiger partial charge on any atom is 0.326 e. The first-order valence-corrected chi connectivity index (χ1v) is 14.9. The van der Waals surface area contributed by atoms with Gasteiger partial charge in [0.05, 0.1) is 30.8 Å². The van der Waals surface area contributed by atoms with Crippen LogP contribution in [0.15, 0.2) is 18.6 Å². The van der Waals surface area contributed by atoms with Gasteiger partial charge in [0.25, 0.3) is 0 Å². The van der Waals surface area contributed by atoms with E-state index in [-0.39, 0.29) is 18.6 Å². The van der Waals surface area contributed by atoms with Crippen LogP contribution in [0.25, 0.3) is 11.2 Å². The second-order valence-corrected chi connectivity index (χ2v) is 12.9. The number of hydrogen-bond acceptors (Lipinski definition) is 9. The Bertz CT molecular complexity index is 1160. The van der Waals surface area contributed by atoms with E-state index in [9.17, 15) is 14.2 Å². The number of nitrogens with two attached hydrogens (primary N) is 1. The maximum atomic E-state index is 14.1. The van der Waals surface area contributed by atoms with Crippen LogP contribution in [0, 0.1) is 0 Å². The molecule has 1 fully saturated rings. The number of anilines is 1. The Morgan fingerprint density at radius 3 is 2.55 bits per heavy atom. The molecule has 0 saturated heterocycles. The van der Waals surface area contributed by atoms with Crippen molar-refractivity contribution in [3.05, 3.63) is 18.6 Å². The number of imidazole rings is 1. The van der Waals surface area contributed by atoms with E-state index in [0.29, 0.717) is 23.4 Å². The van der Waals surface area contributed by atoms with Crippen molar-refractivity contribution in [1.82, 2.24) is 24.7 Å². The van der Waals surface area contributed by atoms with Gasteiger partial charge in [-0.2, -0.15) is 0 Å². The molecule has 3 atom stereocenters. The third-order valence-electron chi connectivity index (χ3n) is 6.18. The average Bonchev–Trinajstić information content (AvgIpc) is 3.48. The fourth-order valence-electron chi connectivity index (χ4n) is 4.28. The van der Waals surface area contributed by atoms with E-state index in [0.717, 1.165) is 25.7 Å². The molecule has 2 heterocycles. The van der Waals surface area contributed by atoms with Gasteiger partial charge in [-0.05, 0) is 73.3 Å². The summed E-state index contributed by atoms with van der Waals surface area (Å²) in [5.41, 5.74) is 6.38. The van der Waals surface area contributed by atoms with Crippen LogP contribution in [0.3, 0.4) is 0 Å². The minimum absolute atomic E-state index is 0.125. The van der Waals surface area contributed by atoms with E-state index in [1.165, 1.54) is 0 Å². The molecule has 0 radical (unpaired) electrons. The van der Waals surface area contributed by atoms with Gasteiger partial charge in [-0.1, -0.05) is 0 Å². The summed E-state index contributed by atoms with van der Waals surface area (Å²) in [6.45, 7) is 10.4. The summed E-state index contributed by atoms with van der Waals surface area (Å²) in [5.74, 6) is -1.07. The standard InChI is InChI=1S/C25H41N6O6P/c1-16(2)36-24(33)25(5,6)30-38(34,29-18(4)23(32)37-19-9-7-8-10-19)15-35-17(3)13-31-14-28-21-20(26)11-12-27-22(21)31/h11-12,14,16-19H,7-10,13,15H2,1-6H3,(H2,26,27)(H2,29,30,34)/t17-,18-,38?/m1/s1. The Morgan fingerprint density at radius 2 is 1.89 bits per heavy atom. The average molecular weight is 553 g/mol. The first-order valence-electron chi connectivity index (χ1n) is 13.0. The predicted molar refractivity (Wildman–Crippen MR) is 144 cm³/mol. The van der Waals surface area contributed by atoms with Crippen molar-refractivity contribution >= 4 is 36.2 Å². The second-order valence-electron chi connectivity index (χ2n) is 10.7. The normalized spacial score (nSPS) is 17.9. The monoisotopic (exact) mass is 552 g/mol. The smallest absolute Gasteiger partial charge is 0.326 e. The van der Waals surface area contributed by atoms with E-state index in [4.69, 9.17) is 19.9 Å². The van der Waals surface area contributed by atoms with Crippen molar-refractivity contribution < 1.29 is 28.4 Å². The highest BCUT2D eigenvalue weighted by Gasteiger charge is 2.40. The van der Waals surface area contributed by atoms with Gasteiger partial charge in [0, 0.05) is 6.20 Å². The number of ether oxygens (including phenoxy) is 3. The Kier molecular flexibility index (Phi) is 9.91. The summed E-state index contributed by atoms with van der Waals surface area (Å²) in [6.07, 6.45) is 5.73. The van der Waals surface area contributed by atoms with Crippen LogP contribution >= 0.6 is 7.44 Å². The van der Waals surface area contributed by atoms with Crippen molar-refractivity contribution in [2.24, 2.45) is 0 Å². The molecule has 0 bridgehead atoms.